The molecule has 5 unspecified atom stereocenters. The normalized spacial score (nSPS) is 37.4. The van der Waals surface area contributed by atoms with Crippen molar-refractivity contribution in [1.29, 1.82) is 5.41 Å². The Morgan fingerprint density at radius 1 is 1.24 bits per heavy atom. The Morgan fingerprint density at radius 3 is 2.66 bits per heavy atom. The molecule has 0 saturated carbocycles. The van der Waals surface area contributed by atoms with Crippen molar-refractivity contribution in [1.82, 2.24) is 4.90 Å². The Labute approximate surface area is 176 Å². The van der Waals surface area contributed by atoms with E-state index in [1.165, 1.54) is 0 Å². The molecule has 0 aromatic carbocycles. The van der Waals surface area contributed by atoms with Gasteiger partial charge in [0.05, 0.1) is 6.54 Å². The Balaban J connectivity index is 2.24. The van der Waals surface area contributed by atoms with E-state index in [1.54, 1.807) is 0 Å². The summed E-state index contributed by atoms with van der Waals surface area (Å²) in [5.74, 6) is -0.0823. The lowest BCUT2D eigenvalue weighted by Gasteiger charge is -2.57. The van der Waals surface area contributed by atoms with Crippen LogP contribution in [0.3, 0.4) is 0 Å². The van der Waals surface area contributed by atoms with E-state index in [0.717, 1.165) is 63.6 Å². The Morgan fingerprint density at radius 2 is 2.00 bits per heavy atom. The molecule has 0 aromatic heterocycles. The smallest absolute Gasteiger partial charge is 0.148 e. The lowest BCUT2D eigenvalue weighted by atomic mass is 9.49. The molecule has 5 heteroatoms. The summed E-state index contributed by atoms with van der Waals surface area (Å²) in [7, 11) is 0. The van der Waals surface area contributed by atoms with Crippen molar-refractivity contribution in [3.8, 4) is 0 Å². The maximum atomic E-state index is 14.6. The van der Waals surface area contributed by atoms with E-state index in [1.807, 2.05) is 6.92 Å². The Bertz CT molecular complexity index is 663. The first-order valence-electron chi connectivity index (χ1n) is 11.9. The SMILES string of the molecule is CCCCC1(CCC)CCCC(F)CN=C2C(C(=O)CC)C(=N)N3CCC21C3C. The van der Waals surface area contributed by atoms with Gasteiger partial charge in [-0.2, -0.15) is 0 Å². The molecular weight excluding hydrogens is 365 g/mol. The summed E-state index contributed by atoms with van der Waals surface area (Å²) in [6.07, 6.45) is 8.49. The molecule has 3 aliphatic heterocycles. The van der Waals surface area contributed by atoms with Gasteiger partial charge in [-0.25, -0.2) is 4.39 Å². The van der Waals surface area contributed by atoms with Crippen LogP contribution < -0.4 is 0 Å². The van der Waals surface area contributed by atoms with Crippen LogP contribution in [0.15, 0.2) is 4.99 Å². The molecule has 0 aromatic rings. The average molecular weight is 406 g/mol. The van der Waals surface area contributed by atoms with E-state index in [0.29, 0.717) is 18.7 Å². The zero-order chi connectivity index (χ0) is 21.2. The molecule has 3 rings (SSSR count). The molecule has 2 bridgehead atoms. The van der Waals surface area contributed by atoms with Gasteiger partial charge in [-0.3, -0.25) is 15.2 Å². The van der Waals surface area contributed by atoms with Crippen LogP contribution >= 0.6 is 0 Å². The van der Waals surface area contributed by atoms with Gasteiger partial charge in [-0.15, -0.1) is 0 Å². The van der Waals surface area contributed by atoms with E-state index in [4.69, 9.17) is 10.4 Å². The fourth-order valence-corrected chi connectivity index (χ4v) is 6.90. The number of unbranched alkanes of at least 4 members (excludes halogenated alkanes) is 1. The number of carbonyl (C=O) groups is 1. The number of carbonyl (C=O) groups excluding carboxylic acids is 1. The summed E-state index contributed by atoms with van der Waals surface area (Å²) in [6.45, 7) is 9.59. The number of ketones is 1. The molecular formula is C24H40FN3O. The second-order valence-corrected chi connectivity index (χ2v) is 9.58. The van der Waals surface area contributed by atoms with Crippen LogP contribution in [0, 0.1) is 22.2 Å². The number of aliphatic imine (C=N–C) groups is 1. The summed E-state index contributed by atoms with van der Waals surface area (Å²) in [4.78, 5) is 20.1. The highest BCUT2D eigenvalue weighted by molar-refractivity contribution is 6.25. The average Bonchev–Trinajstić information content (AvgIpc) is 3.00. The van der Waals surface area contributed by atoms with Gasteiger partial charge in [0.25, 0.3) is 0 Å². The number of piperidine rings is 1. The van der Waals surface area contributed by atoms with Gasteiger partial charge in [0.2, 0.25) is 0 Å². The lowest BCUT2D eigenvalue weighted by molar-refractivity contribution is -0.119. The van der Waals surface area contributed by atoms with Gasteiger partial charge in [0, 0.05) is 30.1 Å². The van der Waals surface area contributed by atoms with Crippen LogP contribution in [0.25, 0.3) is 0 Å². The maximum Gasteiger partial charge on any atom is 0.148 e. The number of Topliss-reactive ketones (excluding diaryl/α,β-unsaturated/α-hetero) is 1. The molecule has 0 radical (unpaired) electrons. The number of alkyl halides is 1. The number of hydrogen-bond donors (Lipinski definition) is 1. The fourth-order valence-electron chi connectivity index (χ4n) is 6.90. The van der Waals surface area contributed by atoms with E-state index in [-0.39, 0.29) is 29.2 Å². The first-order valence-corrected chi connectivity index (χ1v) is 11.9. The molecule has 5 atom stereocenters. The van der Waals surface area contributed by atoms with Gasteiger partial charge < -0.3 is 4.90 Å². The molecule has 1 spiro atoms. The Hall–Kier alpha value is -1.26. The predicted octanol–water partition coefficient (Wildman–Crippen LogP) is 5.59. The monoisotopic (exact) mass is 405 g/mol. The van der Waals surface area contributed by atoms with Crippen molar-refractivity contribution >= 4 is 17.3 Å². The van der Waals surface area contributed by atoms with Crippen LogP contribution in [0.1, 0.15) is 91.9 Å². The zero-order valence-electron chi connectivity index (χ0n) is 18.9. The largest absolute Gasteiger partial charge is 0.356 e. The highest BCUT2D eigenvalue weighted by atomic mass is 19.1. The van der Waals surface area contributed by atoms with E-state index < -0.39 is 12.1 Å². The summed E-state index contributed by atoms with van der Waals surface area (Å²) in [5, 5.41) is 8.84. The molecule has 3 aliphatic rings. The number of amidine groups is 1. The standard InChI is InChI=1S/C24H40FN3O/c1-5-8-12-23(11-6-2)13-9-10-18(25)16-27-21-20(19(29)7-3)22(26)28-15-14-24(21,23)17(28)4/h17-18,20,26H,5-16H2,1-4H3. The molecule has 164 valence electrons. The highest BCUT2D eigenvalue weighted by Gasteiger charge is 2.65. The van der Waals surface area contributed by atoms with E-state index in [2.05, 4.69) is 25.7 Å². The van der Waals surface area contributed by atoms with Gasteiger partial charge in [0.15, 0.2) is 0 Å². The van der Waals surface area contributed by atoms with Crippen molar-refractivity contribution in [2.45, 2.75) is 104 Å². The quantitative estimate of drug-likeness (QED) is 0.600. The second-order valence-electron chi connectivity index (χ2n) is 9.58. The third-order valence-corrected chi connectivity index (χ3v) is 8.23. The number of halogens is 1. The molecule has 2 saturated heterocycles. The lowest BCUT2D eigenvalue weighted by Crippen LogP contribution is -2.64. The number of nitrogens with one attached hydrogen (secondary N) is 1. The van der Waals surface area contributed by atoms with Crippen molar-refractivity contribution < 1.29 is 9.18 Å². The summed E-state index contributed by atoms with van der Waals surface area (Å²) < 4.78 is 14.6. The van der Waals surface area contributed by atoms with Crippen LogP contribution in [-0.4, -0.2) is 47.5 Å². The van der Waals surface area contributed by atoms with Crippen LogP contribution in [0.2, 0.25) is 0 Å². The minimum atomic E-state index is -0.940. The Kier molecular flexibility index (Phi) is 6.84. The first kappa shape index (κ1) is 22.4. The van der Waals surface area contributed by atoms with Crippen molar-refractivity contribution in [2.24, 2.45) is 21.7 Å². The number of nitrogens with zero attached hydrogens (tertiary/aromatic N) is 2. The minimum Gasteiger partial charge on any atom is -0.356 e. The van der Waals surface area contributed by atoms with Crippen molar-refractivity contribution in [2.75, 3.05) is 13.1 Å². The number of rotatable bonds is 7. The van der Waals surface area contributed by atoms with Gasteiger partial charge >= 0.3 is 0 Å². The second kappa shape index (κ2) is 8.85. The molecule has 29 heavy (non-hydrogen) atoms. The van der Waals surface area contributed by atoms with Crippen LogP contribution in [0.5, 0.6) is 0 Å². The summed E-state index contributed by atoms with van der Waals surface area (Å²) in [6, 6.07) is 0.161. The summed E-state index contributed by atoms with van der Waals surface area (Å²) >= 11 is 0. The number of fused-ring (bicyclic) bond motifs is 1. The van der Waals surface area contributed by atoms with Crippen molar-refractivity contribution in [3.63, 3.8) is 0 Å². The van der Waals surface area contributed by atoms with E-state index >= 15 is 0 Å². The zero-order valence-corrected chi connectivity index (χ0v) is 18.9. The molecule has 0 amide bonds. The summed E-state index contributed by atoms with van der Waals surface area (Å²) in [5.41, 5.74) is 0.717. The topological polar surface area (TPSA) is 56.5 Å². The number of hydrogen-bond acceptors (Lipinski definition) is 3. The highest BCUT2D eigenvalue weighted by Crippen LogP contribution is 2.62. The van der Waals surface area contributed by atoms with E-state index in [9.17, 15) is 9.18 Å². The van der Waals surface area contributed by atoms with Crippen molar-refractivity contribution in [3.05, 3.63) is 0 Å². The molecule has 1 N–H and O–H groups in total. The third-order valence-electron chi connectivity index (χ3n) is 8.23. The maximum absolute atomic E-state index is 14.6. The molecule has 3 heterocycles. The molecule has 0 aliphatic carbocycles. The van der Waals surface area contributed by atoms with Crippen LogP contribution in [-0.2, 0) is 4.79 Å². The third kappa shape index (κ3) is 3.46. The van der Waals surface area contributed by atoms with Gasteiger partial charge in [-0.1, -0.05) is 40.0 Å². The minimum absolute atomic E-state index is 0.0434. The predicted molar refractivity (Wildman–Crippen MR) is 118 cm³/mol. The van der Waals surface area contributed by atoms with Gasteiger partial charge in [-0.05, 0) is 50.9 Å². The molecule has 2 fully saturated rings. The fraction of sp³-hybridized carbons (Fsp3) is 0.875. The first-order chi connectivity index (χ1) is 13.9. The molecule has 4 nitrogen and oxygen atoms in total. The van der Waals surface area contributed by atoms with Crippen LogP contribution in [0.4, 0.5) is 4.39 Å². The van der Waals surface area contributed by atoms with Gasteiger partial charge in [0.1, 0.15) is 23.7 Å².